The summed E-state index contributed by atoms with van der Waals surface area (Å²) in [7, 11) is 1.57. The fourth-order valence-electron chi connectivity index (χ4n) is 2.43. The lowest BCUT2D eigenvalue weighted by Crippen LogP contribution is -2.47. The van der Waals surface area contributed by atoms with E-state index in [-0.39, 0.29) is 11.9 Å². The quantitative estimate of drug-likeness (QED) is 0.880. The van der Waals surface area contributed by atoms with E-state index >= 15 is 0 Å². The van der Waals surface area contributed by atoms with E-state index in [9.17, 15) is 4.79 Å². The number of hydrogen-bond donors (Lipinski definition) is 1. The van der Waals surface area contributed by atoms with Crippen LogP contribution in [0.2, 0.25) is 0 Å². The van der Waals surface area contributed by atoms with Crippen molar-refractivity contribution in [2.45, 2.75) is 32.4 Å². The molecule has 0 radical (unpaired) electrons. The van der Waals surface area contributed by atoms with Gasteiger partial charge in [0.2, 0.25) is 0 Å². The molecule has 19 heavy (non-hydrogen) atoms. The van der Waals surface area contributed by atoms with Crippen LogP contribution in [0.1, 0.15) is 36.0 Å². The molecule has 6 heteroatoms. The van der Waals surface area contributed by atoms with Gasteiger partial charge in [0, 0.05) is 25.8 Å². The second kappa shape index (κ2) is 6.16. The molecule has 2 atom stereocenters. The fraction of sp³-hybridized carbons (Fsp3) is 0.692. The minimum atomic E-state index is -0.0863. The number of amides is 1. The zero-order valence-electron chi connectivity index (χ0n) is 11.5. The molecule has 1 amide bonds. The molecule has 6 nitrogen and oxygen atoms in total. The second-order valence-corrected chi connectivity index (χ2v) is 5.10. The average Bonchev–Trinajstić information content (AvgIpc) is 2.88. The molecule has 0 saturated carbocycles. The Morgan fingerprint density at radius 1 is 1.63 bits per heavy atom. The van der Waals surface area contributed by atoms with E-state index in [4.69, 9.17) is 15.0 Å². The predicted molar refractivity (Wildman–Crippen MR) is 69.5 cm³/mol. The Balaban J connectivity index is 2.08. The Bertz CT molecular complexity index is 433. The average molecular weight is 267 g/mol. The lowest BCUT2D eigenvalue weighted by molar-refractivity contribution is 0.0556. The molecule has 2 N–H and O–H groups in total. The number of likely N-dealkylation sites (tertiary alicyclic amines) is 1. The monoisotopic (exact) mass is 267 g/mol. The Labute approximate surface area is 112 Å². The first kappa shape index (κ1) is 14.0. The minimum absolute atomic E-state index is 0.0863. The molecule has 2 rings (SSSR count). The SMILES string of the molecule is COCc1cc(C(=O)N2CC(CN)CCC2C)no1. The van der Waals surface area contributed by atoms with Crippen molar-refractivity contribution in [1.82, 2.24) is 10.1 Å². The van der Waals surface area contributed by atoms with Crippen LogP contribution >= 0.6 is 0 Å². The van der Waals surface area contributed by atoms with Gasteiger partial charge in [0.15, 0.2) is 11.5 Å². The van der Waals surface area contributed by atoms with Gasteiger partial charge in [-0.15, -0.1) is 0 Å². The molecule has 2 unspecified atom stereocenters. The van der Waals surface area contributed by atoms with Crippen molar-refractivity contribution in [2.75, 3.05) is 20.2 Å². The van der Waals surface area contributed by atoms with Crippen molar-refractivity contribution < 1.29 is 14.1 Å². The van der Waals surface area contributed by atoms with E-state index < -0.39 is 0 Å². The summed E-state index contributed by atoms with van der Waals surface area (Å²) in [5, 5.41) is 3.82. The molecule has 1 aliphatic rings. The van der Waals surface area contributed by atoms with Gasteiger partial charge in [0.25, 0.3) is 5.91 Å². The summed E-state index contributed by atoms with van der Waals surface area (Å²) in [6.45, 7) is 3.69. The zero-order chi connectivity index (χ0) is 13.8. The van der Waals surface area contributed by atoms with Crippen LogP contribution in [-0.4, -0.2) is 42.2 Å². The molecular formula is C13H21N3O3. The van der Waals surface area contributed by atoms with E-state index in [0.717, 1.165) is 12.8 Å². The molecule has 1 aliphatic heterocycles. The predicted octanol–water partition coefficient (Wildman–Crippen LogP) is 1.02. The number of nitrogens with zero attached hydrogens (tertiary/aromatic N) is 2. The number of nitrogens with two attached hydrogens (primary N) is 1. The van der Waals surface area contributed by atoms with Gasteiger partial charge in [-0.2, -0.15) is 0 Å². The molecule has 0 bridgehead atoms. The van der Waals surface area contributed by atoms with Crippen molar-refractivity contribution >= 4 is 5.91 Å². The van der Waals surface area contributed by atoms with Gasteiger partial charge in [-0.3, -0.25) is 4.79 Å². The summed E-state index contributed by atoms with van der Waals surface area (Å²) in [5.74, 6) is 0.855. The van der Waals surface area contributed by atoms with Crippen LogP contribution in [0.15, 0.2) is 10.6 Å². The summed E-state index contributed by atoms with van der Waals surface area (Å²) in [5.41, 5.74) is 6.05. The number of methoxy groups -OCH3 is 1. The minimum Gasteiger partial charge on any atom is -0.377 e. The van der Waals surface area contributed by atoms with E-state index in [1.807, 2.05) is 4.90 Å². The van der Waals surface area contributed by atoms with Crippen molar-refractivity contribution in [2.24, 2.45) is 11.7 Å². The van der Waals surface area contributed by atoms with Gasteiger partial charge < -0.3 is 19.9 Å². The van der Waals surface area contributed by atoms with Crippen LogP contribution in [0.5, 0.6) is 0 Å². The number of carbonyl (C=O) groups is 1. The summed E-state index contributed by atoms with van der Waals surface area (Å²) in [6, 6.07) is 1.86. The molecular weight excluding hydrogens is 246 g/mol. The maximum Gasteiger partial charge on any atom is 0.276 e. The number of carbonyl (C=O) groups excluding carboxylic acids is 1. The maximum absolute atomic E-state index is 12.4. The molecule has 0 aromatic carbocycles. The third-order valence-electron chi connectivity index (χ3n) is 3.64. The number of piperidine rings is 1. The largest absolute Gasteiger partial charge is 0.377 e. The first-order chi connectivity index (χ1) is 9.15. The highest BCUT2D eigenvalue weighted by Crippen LogP contribution is 2.23. The third-order valence-corrected chi connectivity index (χ3v) is 3.64. The maximum atomic E-state index is 12.4. The Morgan fingerprint density at radius 3 is 3.11 bits per heavy atom. The molecule has 1 fully saturated rings. The van der Waals surface area contributed by atoms with Crippen molar-refractivity contribution in [1.29, 1.82) is 0 Å². The number of aromatic nitrogens is 1. The molecule has 1 aromatic heterocycles. The van der Waals surface area contributed by atoms with Crippen LogP contribution in [0.4, 0.5) is 0 Å². The standard InChI is InChI=1S/C13H21N3O3/c1-9-3-4-10(6-14)7-16(9)13(17)12-5-11(8-18-2)19-15-12/h5,9-10H,3-4,6-8,14H2,1-2H3. The summed E-state index contributed by atoms with van der Waals surface area (Å²) in [4.78, 5) is 14.3. The third kappa shape index (κ3) is 3.13. The van der Waals surface area contributed by atoms with Crippen molar-refractivity contribution in [3.05, 3.63) is 17.5 Å². The van der Waals surface area contributed by atoms with Gasteiger partial charge in [0.05, 0.1) is 0 Å². The summed E-state index contributed by atoms with van der Waals surface area (Å²) >= 11 is 0. The van der Waals surface area contributed by atoms with Crippen LogP contribution in [0.3, 0.4) is 0 Å². The number of hydrogen-bond acceptors (Lipinski definition) is 5. The van der Waals surface area contributed by atoms with Gasteiger partial charge in [-0.1, -0.05) is 5.16 Å². The van der Waals surface area contributed by atoms with Crippen LogP contribution in [0, 0.1) is 5.92 Å². The molecule has 2 heterocycles. The second-order valence-electron chi connectivity index (χ2n) is 5.10. The van der Waals surface area contributed by atoms with Gasteiger partial charge in [-0.05, 0) is 32.2 Å². The zero-order valence-corrected chi connectivity index (χ0v) is 11.5. The molecule has 0 aliphatic carbocycles. The molecule has 106 valence electrons. The lowest BCUT2D eigenvalue weighted by atomic mass is 9.93. The summed E-state index contributed by atoms with van der Waals surface area (Å²) < 4.78 is 10.0. The highest BCUT2D eigenvalue weighted by atomic mass is 16.5. The topological polar surface area (TPSA) is 81.6 Å². The molecule has 1 saturated heterocycles. The van der Waals surface area contributed by atoms with E-state index in [2.05, 4.69) is 12.1 Å². The van der Waals surface area contributed by atoms with E-state index in [1.54, 1.807) is 13.2 Å². The fourth-order valence-corrected chi connectivity index (χ4v) is 2.43. The summed E-state index contributed by atoms with van der Waals surface area (Å²) in [6.07, 6.45) is 2.06. The van der Waals surface area contributed by atoms with E-state index in [0.29, 0.717) is 37.1 Å². The lowest BCUT2D eigenvalue weighted by Gasteiger charge is -2.37. The van der Waals surface area contributed by atoms with Gasteiger partial charge in [0.1, 0.15) is 6.61 Å². The Morgan fingerprint density at radius 2 is 2.42 bits per heavy atom. The normalized spacial score (nSPS) is 23.6. The number of rotatable bonds is 4. The smallest absolute Gasteiger partial charge is 0.276 e. The van der Waals surface area contributed by atoms with Crippen molar-refractivity contribution in [3.63, 3.8) is 0 Å². The highest BCUT2D eigenvalue weighted by Gasteiger charge is 2.30. The Hall–Kier alpha value is -1.40. The van der Waals surface area contributed by atoms with Crippen molar-refractivity contribution in [3.8, 4) is 0 Å². The van der Waals surface area contributed by atoms with Gasteiger partial charge in [-0.25, -0.2) is 0 Å². The molecule has 1 aromatic rings. The molecule has 0 spiro atoms. The first-order valence-electron chi connectivity index (χ1n) is 6.61. The highest BCUT2D eigenvalue weighted by molar-refractivity contribution is 5.92. The van der Waals surface area contributed by atoms with Crippen LogP contribution < -0.4 is 5.73 Å². The first-order valence-corrected chi connectivity index (χ1v) is 6.61. The van der Waals surface area contributed by atoms with Crippen LogP contribution in [0.25, 0.3) is 0 Å². The number of ether oxygens (including phenoxy) is 1. The van der Waals surface area contributed by atoms with Crippen LogP contribution in [-0.2, 0) is 11.3 Å². The van der Waals surface area contributed by atoms with Gasteiger partial charge >= 0.3 is 0 Å². The Kier molecular flexibility index (Phi) is 4.55. The van der Waals surface area contributed by atoms with E-state index in [1.165, 1.54) is 0 Å².